The summed E-state index contributed by atoms with van der Waals surface area (Å²) in [5, 5.41) is 14.2. The largest absolute Gasteiger partial charge is 0.505 e. The highest BCUT2D eigenvalue weighted by Crippen LogP contribution is 2.33. The first-order valence-corrected chi connectivity index (χ1v) is 11.1. The summed E-state index contributed by atoms with van der Waals surface area (Å²) in [7, 11) is 0. The summed E-state index contributed by atoms with van der Waals surface area (Å²) in [6, 6.07) is 5.00. The lowest BCUT2D eigenvalue weighted by Crippen LogP contribution is -2.24. The van der Waals surface area contributed by atoms with Crippen LogP contribution in [-0.4, -0.2) is 16.7 Å². The van der Waals surface area contributed by atoms with E-state index >= 15 is 0 Å². The minimum atomic E-state index is -0.653. The Morgan fingerprint density at radius 2 is 1.45 bits per heavy atom. The summed E-state index contributed by atoms with van der Waals surface area (Å²) in [4.78, 5) is 24.3. The van der Waals surface area contributed by atoms with Gasteiger partial charge in [-0.15, -0.1) is 0 Å². The average Bonchev–Trinajstić information content (AvgIpc) is 2.69. The fraction of sp³-hybridized carbons (Fsp3) is 0.478. The van der Waals surface area contributed by atoms with Crippen molar-refractivity contribution in [2.75, 3.05) is 5.32 Å². The van der Waals surface area contributed by atoms with Crippen molar-refractivity contribution in [3.8, 4) is 0 Å². The normalized spacial score (nSPS) is 14.4. The molecule has 0 saturated heterocycles. The van der Waals surface area contributed by atoms with Gasteiger partial charge >= 0.3 is 0 Å². The third-order valence-electron chi connectivity index (χ3n) is 5.07. The highest BCUT2D eigenvalue weighted by atomic mass is 35.5. The Balaban J connectivity index is 1.92. The molecule has 1 aliphatic rings. The molecule has 4 nitrogen and oxygen atoms in total. The maximum Gasteiger partial charge on any atom is 0.232 e. The van der Waals surface area contributed by atoms with Crippen LogP contribution < -0.4 is 5.32 Å². The fourth-order valence-corrected chi connectivity index (χ4v) is 3.87. The lowest BCUT2D eigenvalue weighted by atomic mass is 9.93. The van der Waals surface area contributed by atoms with Gasteiger partial charge in [-0.05, 0) is 25.0 Å². The van der Waals surface area contributed by atoms with Gasteiger partial charge in [0.15, 0.2) is 0 Å². The highest BCUT2D eigenvalue weighted by molar-refractivity contribution is 6.48. The Morgan fingerprint density at radius 1 is 0.897 bits per heavy atom. The number of carbonyl (C=O) groups is 2. The summed E-state index contributed by atoms with van der Waals surface area (Å²) in [6.45, 7) is 2.21. The number of allylic oxidation sites excluding steroid dienone is 2. The topological polar surface area (TPSA) is 66.4 Å². The highest BCUT2D eigenvalue weighted by Gasteiger charge is 2.28. The van der Waals surface area contributed by atoms with Crippen LogP contribution >= 0.6 is 23.2 Å². The van der Waals surface area contributed by atoms with Crippen molar-refractivity contribution < 1.29 is 14.7 Å². The number of para-hydroxylation sites is 1. The lowest BCUT2D eigenvalue weighted by molar-refractivity contribution is -0.132. The molecule has 1 aromatic rings. The summed E-state index contributed by atoms with van der Waals surface area (Å²) in [5.41, 5.74) is 0.694. The van der Waals surface area contributed by atoms with Gasteiger partial charge in [0.05, 0.1) is 21.4 Å². The van der Waals surface area contributed by atoms with Crippen LogP contribution in [0.25, 0.3) is 0 Å². The molecule has 0 bridgehead atoms. The minimum Gasteiger partial charge on any atom is -0.505 e. The van der Waals surface area contributed by atoms with Gasteiger partial charge in [0.1, 0.15) is 5.76 Å². The molecular formula is C23H29Cl2NO3. The second kappa shape index (κ2) is 12.0. The predicted octanol–water partition coefficient (Wildman–Crippen LogP) is 7.17. The van der Waals surface area contributed by atoms with E-state index in [1.54, 1.807) is 18.2 Å². The van der Waals surface area contributed by atoms with Crippen molar-refractivity contribution >= 4 is 40.5 Å². The minimum absolute atomic E-state index is 0.149. The van der Waals surface area contributed by atoms with Crippen LogP contribution in [0.2, 0.25) is 10.0 Å². The molecule has 0 aromatic heterocycles. The van der Waals surface area contributed by atoms with Gasteiger partial charge in [0.2, 0.25) is 11.6 Å². The molecule has 6 heteroatoms. The van der Waals surface area contributed by atoms with Crippen LogP contribution in [0.4, 0.5) is 5.69 Å². The number of halogens is 2. The molecule has 0 aliphatic heterocycles. The molecule has 0 heterocycles. The van der Waals surface area contributed by atoms with Crippen molar-refractivity contribution in [2.24, 2.45) is 0 Å². The van der Waals surface area contributed by atoms with Crippen LogP contribution in [0.15, 0.2) is 41.3 Å². The van der Waals surface area contributed by atoms with Crippen molar-refractivity contribution in [3.63, 3.8) is 0 Å². The fourth-order valence-electron chi connectivity index (χ4n) is 3.38. The van der Waals surface area contributed by atoms with E-state index in [1.807, 2.05) is 0 Å². The number of rotatable bonds is 12. The molecular weight excluding hydrogens is 409 g/mol. The molecule has 0 unspecified atom stereocenters. The Bertz CT molecular complexity index is 779. The van der Waals surface area contributed by atoms with Gasteiger partial charge in [-0.1, -0.05) is 87.6 Å². The molecule has 0 spiro atoms. The molecule has 0 fully saturated rings. The number of aliphatic hydroxyl groups is 1. The van der Waals surface area contributed by atoms with Crippen molar-refractivity contribution in [1.29, 1.82) is 0 Å². The number of carbonyl (C=O) groups excluding carboxylic acids is 2. The van der Waals surface area contributed by atoms with E-state index in [-0.39, 0.29) is 17.0 Å². The van der Waals surface area contributed by atoms with Crippen LogP contribution in [0.5, 0.6) is 0 Å². The first kappa shape index (κ1) is 23.5. The maximum atomic E-state index is 12.2. The number of benzene rings is 1. The predicted molar refractivity (Wildman–Crippen MR) is 120 cm³/mol. The summed E-state index contributed by atoms with van der Waals surface area (Å²) in [6.07, 6.45) is 11.8. The standard InChI is InChI=1S/C23H29Cl2NO3/c1-2-3-4-5-6-7-8-9-10-12-16-22(28)19(15-20(27)23(16)29)26-21-17(24)13-11-14-18(21)25/h11,13-15,26,28H,2-10,12H2,1H3. The van der Waals surface area contributed by atoms with E-state index in [0.717, 1.165) is 25.3 Å². The average molecular weight is 438 g/mol. The van der Waals surface area contributed by atoms with Gasteiger partial charge in [-0.25, -0.2) is 0 Å². The zero-order valence-corrected chi connectivity index (χ0v) is 18.4. The Labute approximate surface area is 183 Å². The molecule has 1 aromatic carbocycles. The monoisotopic (exact) mass is 437 g/mol. The van der Waals surface area contributed by atoms with E-state index in [1.165, 1.54) is 38.5 Å². The van der Waals surface area contributed by atoms with Crippen molar-refractivity contribution in [1.82, 2.24) is 0 Å². The number of hydrogen-bond donors (Lipinski definition) is 2. The molecule has 2 N–H and O–H groups in total. The van der Waals surface area contributed by atoms with Gasteiger partial charge in [0, 0.05) is 11.6 Å². The summed E-state index contributed by atoms with van der Waals surface area (Å²) < 4.78 is 0. The molecule has 158 valence electrons. The number of anilines is 1. The van der Waals surface area contributed by atoms with Crippen LogP contribution in [0, 0.1) is 0 Å². The number of Topliss-reactive ketones (excluding diaryl/α,β-unsaturated/α-hetero) is 1. The van der Waals surface area contributed by atoms with E-state index in [9.17, 15) is 14.7 Å². The second-order valence-corrected chi connectivity index (χ2v) is 8.19. The third-order valence-corrected chi connectivity index (χ3v) is 5.70. The van der Waals surface area contributed by atoms with E-state index in [4.69, 9.17) is 23.2 Å². The number of nitrogens with one attached hydrogen (secondary N) is 1. The molecule has 0 saturated carbocycles. The van der Waals surface area contributed by atoms with Crippen LogP contribution in [-0.2, 0) is 9.59 Å². The Morgan fingerprint density at radius 3 is 2.03 bits per heavy atom. The molecule has 0 amide bonds. The van der Waals surface area contributed by atoms with E-state index in [0.29, 0.717) is 22.2 Å². The molecule has 2 rings (SSSR count). The number of unbranched alkanes of at least 4 members (excludes halogenated alkanes) is 8. The quantitative estimate of drug-likeness (QED) is 0.206. The SMILES string of the molecule is CCCCCCCCCCCC1=C(O)C(Nc2c(Cl)cccc2Cl)=CC(=O)C1=O. The van der Waals surface area contributed by atoms with Gasteiger partial charge in [-0.3, -0.25) is 9.59 Å². The lowest BCUT2D eigenvalue weighted by Gasteiger charge is -2.19. The Kier molecular flexibility index (Phi) is 9.75. The third kappa shape index (κ3) is 6.90. The number of aliphatic hydroxyl groups excluding tert-OH is 1. The first-order chi connectivity index (χ1) is 14.0. The van der Waals surface area contributed by atoms with E-state index < -0.39 is 11.6 Å². The number of hydrogen-bond acceptors (Lipinski definition) is 4. The summed E-state index contributed by atoms with van der Waals surface area (Å²) in [5.74, 6) is -1.50. The first-order valence-electron chi connectivity index (χ1n) is 10.4. The molecule has 29 heavy (non-hydrogen) atoms. The van der Waals surface area contributed by atoms with E-state index in [2.05, 4.69) is 12.2 Å². The van der Waals surface area contributed by atoms with Crippen molar-refractivity contribution in [3.05, 3.63) is 51.3 Å². The molecule has 0 radical (unpaired) electrons. The smallest absolute Gasteiger partial charge is 0.232 e. The molecule has 1 aliphatic carbocycles. The van der Waals surface area contributed by atoms with Crippen LogP contribution in [0.1, 0.15) is 71.1 Å². The molecule has 0 atom stereocenters. The van der Waals surface area contributed by atoms with Gasteiger partial charge in [-0.2, -0.15) is 0 Å². The maximum absolute atomic E-state index is 12.2. The van der Waals surface area contributed by atoms with Crippen molar-refractivity contribution in [2.45, 2.75) is 71.1 Å². The van der Waals surface area contributed by atoms with Crippen LogP contribution in [0.3, 0.4) is 0 Å². The Hall–Kier alpha value is -1.78. The zero-order chi connectivity index (χ0) is 21.2. The van der Waals surface area contributed by atoms with Gasteiger partial charge in [0.25, 0.3) is 0 Å². The number of ketones is 2. The summed E-state index contributed by atoms with van der Waals surface area (Å²) >= 11 is 12.3. The second-order valence-electron chi connectivity index (χ2n) is 7.38. The zero-order valence-electron chi connectivity index (χ0n) is 16.9. The van der Waals surface area contributed by atoms with Gasteiger partial charge < -0.3 is 10.4 Å².